The van der Waals surface area contributed by atoms with Gasteiger partial charge in [-0.1, -0.05) is 29.8 Å². The Hall–Kier alpha value is -1.65. The molecule has 5 heteroatoms. The fourth-order valence-corrected chi connectivity index (χ4v) is 2.65. The quantitative estimate of drug-likeness (QED) is 0.946. The summed E-state index contributed by atoms with van der Waals surface area (Å²) in [5.41, 5.74) is 1.09. The van der Waals surface area contributed by atoms with Gasteiger partial charge in [0, 0.05) is 18.5 Å². The van der Waals surface area contributed by atoms with Gasteiger partial charge in [0.05, 0.1) is 16.6 Å². The summed E-state index contributed by atoms with van der Waals surface area (Å²) in [6, 6.07) is 9.30. The van der Waals surface area contributed by atoms with E-state index in [0.29, 0.717) is 10.7 Å². The topological polar surface area (TPSA) is 51.2 Å². The van der Waals surface area contributed by atoms with Gasteiger partial charge in [0.2, 0.25) is 0 Å². The Morgan fingerprint density at radius 2 is 2.15 bits per heavy atom. The predicted octanol–water partition coefficient (Wildman–Crippen LogP) is 2.80. The van der Waals surface area contributed by atoms with Gasteiger partial charge in [-0.3, -0.25) is 4.79 Å². The van der Waals surface area contributed by atoms with E-state index < -0.39 is 0 Å². The van der Waals surface area contributed by atoms with E-state index in [1.165, 1.54) is 0 Å². The SMILES string of the molecule is COC1CC(NC(=O)c2cc(Cl)c3ccccc3n2)C1. The lowest BCUT2D eigenvalue weighted by atomic mass is 9.89. The molecular weight excluding hydrogens is 276 g/mol. The number of hydrogen-bond donors (Lipinski definition) is 1. The number of nitrogens with zero attached hydrogens (tertiary/aromatic N) is 1. The van der Waals surface area contributed by atoms with Crippen molar-refractivity contribution in [1.82, 2.24) is 10.3 Å². The monoisotopic (exact) mass is 290 g/mol. The van der Waals surface area contributed by atoms with Crippen LogP contribution in [0.15, 0.2) is 30.3 Å². The summed E-state index contributed by atoms with van der Waals surface area (Å²) in [7, 11) is 1.69. The van der Waals surface area contributed by atoms with Crippen molar-refractivity contribution in [1.29, 1.82) is 0 Å². The zero-order valence-electron chi connectivity index (χ0n) is 11.1. The van der Waals surface area contributed by atoms with Crippen LogP contribution in [0.3, 0.4) is 0 Å². The van der Waals surface area contributed by atoms with Gasteiger partial charge >= 0.3 is 0 Å². The molecule has 0 bridgehead atoms. The summed E-state index contributed by atoms with van der Waals surface area (Å²) in [5.74, 6) is -0.183. The van der Waals surface area contributed by atoms with Gasteiger partial charge < -0.3 is 10.1 Å². The predicted molar refractivity (Wildman–Crippen MR) is 78.0 cm³/mol. The second kappa shape index (κ2) is 5.38. The molecule has 1 saturated carbocycles. The van der Waals surface area contributed by atoms with Crippen LogP contribution in [-0.2, 0) is 4.74 Å². The van der Waals surface area contributed by atoms with Crippen molar-refractivity contribution in [3.05, 3.63) is 41.0 Å². The number of benzene rings is 1. The van der Waals surface area contributed by atoms with Crippen molar-refractivity contribution in [2.45, 2.75) is 25.0 Å². The number of hydrogen-bond acceptors (Lipinski definition) is 3. The van der Waals surface area contributed by atoms with Crippen molar-refractivity contribution in [2.75, 3.05) is 7.11 Å². The normalized spacial score (nSPS) is 21.5. The molecule has 104 valence electrons. The third-order valence-electron chi connectivity index (χ3n) is 3.66. The first-order valence-corrected chi connectivity index (χ1v) is 6.94. The molecule has 1 amide bonds. The number of rotatable bonds is 3. The zero-order chi connectivity index (χ0) is 14.1. The maximum absolute atomic E-state index is 12.2. The van der Waals surface area contributed by atoms with Crippen LogP contribution in [0, 0.1) is 0 Å². The number of aromatic nitrogens is 1. The van der Waals surface area contributed by atoms with E-state index >= 15 is 0 Å². The molecule has 1 heterocycles. The van der Waals surface area contributed by atoms with Crippen molar-refractivity contribution < 1.29 is 9.53 Å². The largest absolute Gasteiger partial charge is 0.381 e. The molecular formula is C15H15ClN2O2. The number of para-hydroxylation sites is 1. The summed E-state index contributed by atoms with van der Waals surface area (Å²) in [4.78, 5) is 16.5. The van der Waals surface area contributed by atoms with Crippen LogP contribution in [0.1, 0.15) is 23.3 Å². The number of halogens is 1. The first kappa shape index (κ1) is 13.3. The van der Waals surface area contributed by atoms with E-state index in [1.54, 1.807) is 13.2 Å². The molecule has 1 aliphatic carbocycles. The number of carbonyl (C=O) groups excluding carboxylic acids is 1. The van der Waals surface area contributed by atoms with Gasteiger partial charge in [0.1, 0.15) is 5.69 Å². The summed E-state index contributed by atoms with van der Waals surface area (Å²) in [5, 5.41) is 4.35. The Morgan fingerprint density at radius 1 is 1.40 bits per heavy atom. The van der Waals surface area contributed by atoms with E-state index in [4.69, 9.17) is 16.3 Å². The number of carbonyl (C=O) groups is 1. The number of ether oxygens (including phenoxy) is 1. The smallest absolute Gasteiger partial charge is 0.270 e. The highest BCUT2D eigenvalue weighted by atomic mass is 35.5. The van der Waals surface area contributed by atoms with Crippen LogP contribution in [0.5, 0.6) is 0 Å². The van der Waals surface area contributed by atoms with Gasteiger partial charge in [-0.25, -0.2) is 4.98 Å². The summed E-state index contributed by atoms with van der Waals surface area (Å²) < 4.78 is 5.19. The van der Waals surface area contributed by atoms with Crippen LogP contribution >= 0.6 is 11.6 Å². The third kappa shape index (κ3) is 2.49. The van der Waals surface area contributed by atoms with Gasteiger partial charge in [-0.15, -0.1) is 0 Å². The highest BCUT2D eigenvalue weighted by Gasteiger charge is 2.30. The maximum atomic E-state index is 12.2. The van der Waals surface area contributed by atoms with Crippen LogP contribution in [0.25, 0.3) is 10.9 Å². The molecule has 1 aromatic heterocycles. The van der Waals surface area contributed by atoms with Crippen molar-refractivity contribution in [3.63, 3.8) is 0 Å². The third-order valence-corrected chi connectivity index (χ3v) is 3.97. The average Bonchev–Trinajstić information content (AvgIpc) is 2.42. The molecule has 20 heavy (non-hydrogen) atoms. The minimum absolute atomic E-state index is 0.166. The highest BCUT2D eigenvalue weighted by Crippen LogP contribution is 2.25. The minimum atomic E-state index is -0.183. The molecule has 4 nitrogen and oxygen atoms in total. The number of methoxy groups -OCH3 is 1. The number of fused-ring (bicyclic) bond motifs is 1. The molecule has 3 rings (SSSR count). The summed E-state index contributed by atoms with van der Waals surface area (Å²) >= 11 is 6.20. The Kier molecular flexibility index (Phi) is 3.59. The first-order chi connectivity index (χ1) is 9.67. The lowest BCUT2D eigenvalue weighted by Gasteiger charge is -2.34. The number of pyridine rings is 1. The molecule has 1 aliphatic rings. The molecule has 1 N–H and O–H groups in total. The first-order valence-electron chi connectivity index (χ1n) is 6.56. The molecule has 1 fully saturated rings. The number of nitrogens with one attached hydrogen (secondary N) is 1. The lowest BCUT2D eigenvalue weighted by Crippen LogP contribution is -2.47. The summed E-state index contributed by atoms with van der Waals surface area (Å²) in [6.07, 6.45) is 1.96. The van der Waals surface area contributed by atoms with E-state index in [1.807, 2.05) is 24.3 Å². The minimum Gasteiger partial charge on any atom is -0.381 e. The van der Waals surface area contributed by atoms with Crippen molar-refractivity contribution in [2.24, 2.45) is 0 Å². The molecule has 2 aromatic rings. The molecule has 0 saturated heterocycles. The molecule has 0 spiro atoms. The number of amides is 1. The Balaban J connectivity index is 1.78. The molecule has 0 atom stereocenters. The fourth-order valence-electron chi connectivity index (χ4n) is 2.38. The van der Waals surface area contributed by atoms with E-state index in [0.717, 1.165) is 23.7 Å². The van der Waals surface area contributed by atoms with Crippen LogP contribution in [0.2, 0.25) is 5.02 Å². The lowest BCUT2D eigenvalue weighted by molar-refractivity contribution is 0.0175. The zero-order valence-corrected chi connectivity index (χ0v) is 11.9. The molecule has 0 unspecified atom stereocenters. The fraction of sp³-hybridized carbons (Fsp3) is 0.333. The Labute approximate surface area is 122 Å². The second-order valence-electron chi connectivity index (χ2n) is 5.01. The van der Waals surface area contributed by atoms with Crippen LogP contribution in [-0.4, -0.2) is 30.1 Å². The van der Waals surface area contributed by atoms with Crippen molar-refractivity contribution >= 4 is 28.4 Å². The van der Waals surface area contributed by atoms with Gasteiger partial charge in [0.25, 0.3) is 5.91 Å². The van der Waals surface area contributed by atoms with Crippen molar-refractivity contribution in [3.8, 4) is 0 Å². The Morgan fingerprint density at radius 3 is 2.90 bits per heavy atom. The average molecular weight is 291 g/mol. The van der Waals surface area contributed by atoms with Gasteiger partial charge in [0.15, 0.2) is 0 Å². The second-order valence-corrected chi connectivity index (χ2v) is 5.41. The van der Waals surface area contributed by atoms with Crippen LogP contribution < -0.4 is 5.32 Å². The molecule has 0 radical (unpaired) electrons. The van der Waals surface area contributed by atoms with E-state index in [-0.39, 0.29) is 18.1 Å². The standard InChI is InChI=1S/C15H15ClN2O2/c1-20-10-6-9(7-10)17-15(19)14-8-12(16)11-4-2-3-5-13(11)18-14/h2-5,8-10H,6-7H2,1H3,(H,17,19). The molecule has 0 aliphatic heterocycles. The molecule has 1 aromatic carbocycles. The van der Waals surface area contributed by atoms with Gasteiger partial charge in [-0.05, 0) is 25.0 Å². The highest BCUT2D eigenvalue weighted by molar-refractivity contribution is 6.35. The Bertz CT molecular complexity index is 653. The van der Waals surface area contributed by atoms with E-state index in [2.05, 4.69) is 10.3 Å². The summed E-state index contributed by atoms with van der Waals surface area (Å²) in [6.45, 7) is 0. The van der Waals surface area contributed by atoms with Crippen LogP contribution in [0.4, 0.5) is 0 Å². The van der Waals surface area contributed by atoms with Gasteiger partial charge in [-0.2, -0.15) is 0 Å². The maximum Gasteiger partial charge on any atom is 0.270 e. The van der Waals surface area contributed by atoms with E-state index in [9.17, 15) is 4.79 Å².